The van der Waals surface area contributed by atoms with Gasteiger partial charge in [0.05, 0.1) is 41.5 Å². The van der Waals surface area contributed by atoms with Crippen LogP contribution in [-0.2, 0) is 19.7 Å². The molecule has 0 aliphatic carbocycles. The average molecular weight is 667 g/mol. The Morgan fingerprint density at radius 1 is 1.02 bits per heavy atom. The zero-order chi connectivity index (χ0) is 34.6. The highest BCUT2D eigenvalue weighted by atomic mass is 16.6. The number of ether oxygens (including phenoxy) is 1. The van der Waals surface area contributed by atoms with E-state index in [1.165, 1.54) is 23.3 Å². The standard InChI is InChI=1S/C38H46N6O5/c1-2-33-36(40-27-45)35(29-14-16-32(17-15-29)44(47)48)37(34(41-33)26-49-25-20-39)43(28-46)22-9-21-42-23-18-38(19-24-42,30-10-5-3-6-11-30)31-12-7-4-8-13-31/h3-8,10-17,27-28,35-36H,2,9,18-26,39H2,1H3,(H,40,45). The fourth-order valence-electron chi connectivity index (χ4n) is 7.36. The third kappa shape index (κ3) is 8.13. The summed E-state index contributed by atoms with van der Waals surface area (Å²) in [6.45, 7) is 5.80. The summed E-state index contributed by atoms with van der Waals surface area (Å²) in [4.78, 5) is 44.8. The maximum absolute atomic E-state index is 12.9. The van der Waals surface area contributed by atoms with Gasteiger partial charge in [0, 0.05) is 36.3 Å². The maximum atomic E-state index is 12.9. The molecule has 3 N–H and O–H groups in total. The molecule has 11 nitrogen and oxygen atoms in total. The monoisotopic (exact) mass is 666 g/mol. The summed E-state index contributed by atoms with van der Waals surface area (Å²) in [6, 6.07) is 27.2. The molecule has 0 aromatic heterocycles. The Labute approximate surface area is 288 Å². The number of piperidine rings is 1. The van der Waals surface area contributed by atoms with Crippen molar-refractivity contribution in [1.82, 2.24) is 15.1 Å². The van der Waals surface area contributed by atoms with Gasteiger partial charge in [-0.3, -0.25) is 24.7 Å². The van der Waals surface area contributed by atoms with E-state index in [4.69, 9.17) is 15.5 Å². The first-order valence-electron chi connectivity index (χ1n) is 17.0. The number of nitro benzene ring substituents is 1. The van der Waals surface area contributed by atoms with Gasteiger partial charge in [-0.2, -0.15) is 0 Å². The van der Waals surface area contributed by atoms with E-state index in [-0.39, 0.29) is 17.7 Å². The number of benzene rings is 3. The number of likely N-dealkylation sites (tertiary alicyclic amines) is 1. The molecule has 258 valence electrons. The number of nitro groups is 1. The summed E-state index contributed by atoms with van der Waals surface area (Å²) >= 11 is 0. The summed E-state index contributed by atoms with van der Waals surface area (Å²) in [7, 11) is 0. The van der Waals surface area contributed by atoms with Crippen molar-refractivity contribution in [2.24, 2.45) is 10.7 Å². The summed E-state index contributed by atoms with van der Waals surface area (Å²) in [6.07, 6.45) is 4.68. The zero-order valence-corrected chi connectivity index (χ0v) is 28.1. The first-order chi connectivity index (χ1) is 23.9. The lowest BCUT2D eigenvalue weighted by Gasteiger charge is -2.43. The number of aliphatic imine (C=N–C) groups is 1. The number of nitrogens with zero attached hydrogens (tertiary/aromatic N) is 4. The minimum absolute atomic E-state index is 0.0433. The predicted octanol–water partition coefficient (Wildman–Crippen LogP) is 4.78. The molecule has 1 saturated heterocycles. The van der Waals surface area contributed by atoms with Gasteiger partial charge in [-0.1, -0.05) is 79.7 Å². The molecule has 2 atom stereocenters. The molecule has 2 aliphatic rings. The highest BCUT2D eigenvalue weighted by Crippen LogP contribution is 2.42. The fourth-order valence-corrected chi connectivity index (χ4v) is 7.36. The number of non-ortho nitro benzene ring substituents is 1. The van der Waals surface area contributed by atoms with Gasteiger partial charge in [0.15, 0.2) is 0 Å². The Bertz CT molecular complexity index is 1560. The normalized spacial score (nSPS) is 19.2. The largest absolute Gasteiger partial charge is 0.374 e. The number of nitrogens with one attached hydrogen (secondary N) is 1. The molecule has 5 rings (SSSR count). The Kier molecular flexibility index (Phi) is 12.4. The second-order valence-corrected chi connectivity index (χ2v) is 12.5. The fraction of sp³-hybridized carbons (Fsp3) is 0.395. The van der Waals surface area contributed by atoms with Crippen molar-refractivity contribution >= 4 is 24.2 Å². The van der Waals surface area contributed by atoms with Gasteiger partial charge in [-0.05, 0) is 62.0 Å². The first-order valence-corrected chi connectivity index (χ1v) is 17.0. The van der Waals surface area contributed by atoms with Crippen LogP contribution < -0.4 is 11.1 Å². The van der Waals surface area contributed by atoms with E-state index in [1.54, 1.807) is 17.0 Å². The van der Waals surface area contributed by atoms with Crippen LogP contribution in [0.3, 0.4) is 0 Å². The van der Waals surface area contributed by atoms with Gasteiger partial charge in [-0.25, -0.2) is 0 Å². The number of amides is 2. The third-order valence-corrected chi connectivity index (χ3v) is 9.81. The van der Waals surface area contributed by atoms with Crippen LogP contribution in [0.2, 0.25) is 0 Å². The van der Waals surface area contributed by atoms with Crippen LogP contribution in [0.1, 0.15) is 55.2 Å². The highest BCUT2D eigenvalue weighted by molar-refractivity contribution is 5.94. The second kappa shape index (κ2) is 17.1. The Balaban J connectivity index is 1.38. The minimum Gasteiger partial charge on any atom is -0.374 e. The van der Waals surface area contributed by atoms with Crippen LogP contribution in [0.5, 0.6) is 0 Å². The van der Waals surface area contributed by atoms with Crippen LogP contribution in [-0.4, -0.2) is 85.2 Å². The van der Waals surface area contributed by atoms with E-state index in [0.29, 0.717) is 50.3 Å². The number of hydrogen-bond acceptors (Lipinski definition) is 8. The van der Waals surface area contributed by atoms with Crippen molar-refractivity contribution in [3.05, 3.63) is 123 Å². The van der Waals surface area contributed by atoms with Crippen molar-refractivity contribution in [3.63, 3.8) is 0 Å². The first kappa shape index (κ1) is 35.6. The van der Waals surface area contributed by atoms with E-state index in [2.05, 4.69) is 70.9 Å². The van der Waals surface area contributed by atoms with Gasteiger partial charge < -0.3 is 25.6 Å². The average Bonchev–Trinajstić information content (AvgIpc) is 3.15. The van der Waals surface area contributed by atoms with Gasteiger partial charge >= 0.3 is 0 Å². The summed E-state index contributed by atoms with van der Waals surface area (Å²) < 4.78 is 5.84. The molecule has 2 aliphatic heterocycles. The topological polar surface area (TPSA) is 143 Å². The van der Waals surface area contributed by atoms with Crippen LogP contribution in [0.25, 0.3) is 0 Å². The third-order valence-electron chi connectivity index (χ3n) is 9.81. The SMILES string of the molecule is CCC1=NC(COCCN)=C(N(C=O)CCCN2CCC(c3ccccc3)(c3ccccc3)CC2)C(c2ccc([N+](=O)[O-])cc2)C1NC=O. The summed E-state index contributed by atoms with van der Waals surface area (Å²) in [5, 5.41) is 14.4. The molecule has 11 heteroatoms. The smallest absolute Gasteiger partial charge is 0.269 e. The summed E-state index contributed by atoms with van der Waals surface area (Å²) in [5.41, 5.74) is 10.9. The molecule has 3 aromatic rings. The number of carbonyl (C=O) groups is 2. The lowest BCUT2D eigenvalue weighted by atomic mass is 9.68. The Hall–Kier alpha value is -4.71. The number of rotatable bonds is 17. The van der Waals surface area contributed by atoms with Crippen molar-refractivity contribution in [2.75, 3.05) is 45.9 Å². The van der Waals surface area contributed by atoms with Gasteiger partial charge in [-0.15, -0.1) is 0 Å². The van der Waals surface area contributed by atoms with Crippen molar-refractivity contribution < 1.29 is 19.2 Å². The van der Waals surface area contributed by atoms with Gasteiger partial charge in [0.1, 0.15) is 0 Å². The molecule has 1 fully saturated rings. The van der Waals surface area contributed by atoms with E-state index in [1.807, 2.05) is 6.92 Å². The molecule has 49 heavy (non-hydrogen) atoms. The van der Waals surface area contributed by atoms with E-state index >= 15 is 0 Å². The lowest BCUT2D eigenvalue weighted by molar-refractivity contribution is -0.384. The van der Waals surface area contributed by atoms with Gasteiger partial charge in [0.25, 0.3) is 5.69 Å². The van der Waals surface area contributed by atoms with Gasteiger partial charge in [0.2, 0.25) is 12.8 Å². The Morgan fingerprint density at radius 2 is 1.65 bits per heavy atom. The van der Waals surface area contributed by atoms with Crippen LogP contribution in [0.15, 0.2) is 101 Å². The lowest BCUT2D eigenvalue weighted by Crippen LogP contribution is -2.47. The molecule has 2 amide bonds. The predicted molar refractivity (Wildman–Crippen MR) is 190 cm³/mol. The highest BCUT2D eigenvalue weighted by Gasteiger charge is 2.39. The van der Waals surface area contributed by atoms with Crippen LogP contribution >= 0.6 is 0 Å². The molecular weight excluding hydrogens is 620 g/mol. The second-order valence-electron chi connectivity index (χ2n) is 12.5. The maximum Gasteiger partial charge on any atom is 0.269 e. The summed E-state index contributed by atoms with van der Waals surface area (Å²) in [5.74, 6) is -0.521. The molecule has 0 saturated carbocycles. The molecular formula is C38H46N6O5. The minimum atomic E-state index is -0.550. The van der Waals surface area contributed by atoms with Crippen molar-refractivity contribution in [3.8, 4) is 0 Å². The molecule has 0 spiro atoms. The van der Waals surface area contributed by atoms with E-state index < -0.39 is 16.9 Å². The molecule has 0 bridgehead atoms. The van der Waals surface area contributed by atoms with Crippen LogP contribution in [0.4, 0.5) is 5.69 Å². The number of carbonyl (C=O) groups excluding carboxylic acids is 2. The number of hydrogen-bond donors (Lipinski definition) is 2. The molecule has 0 radical (unpaired) electrons. The van der Waals surface area contributed by atoms with E-state index in [0.717, 1.165) is 50.2 Å². The van der Waals surface area contributed by atoms with E-state index in [9.17, 15) is 19.7 Å². The Morgan fingerprint density at radius 3 is 2.18 bits per heavy atom. The quantitative estimate of drug-likeness (QED) is 0.0914. The van der Waals surface area contributed by atoms with Crippen molar-refractivity contribution in [1.29, 1.82) is 0 Å². The molecule has 3 aromatic carbocycles. The van der Waals surface area contributed by atoms with Crippen molar-refractivity contribution in [2.45, 2.75) is 50.0 Å². The number of nitrogens with two attached hydrogens (primary N) is 1. The zero-order valence-electron chi connectivity index (χ0n) is 28.1. The molecule has 2 heterocycles. The van der Waals surface area contributed by atoms with Crippen LogP contribution in [0, 0.1) is 10.1 Å². The molecule has 2 unspecified atom stereocenters.